The molecule has 0 spiro atoms. The summed E-state index contributed by atoms with van der Waals surface area (Å²) in [4.78, 5) is 28.0. The molecule has 8 heteroatoms. The fourth-order valence-corrected chi connectivity index (χ4v) is 3.83. The van der Waals surface area contributed by atoms with Gasteiger partial charge in [0.1, 0.15) is 11.2 Å². The van der Waals surface area contributed by atoms with Gasteiger partial charge in [0.25, 0.3) is 0 Å². The van der Waals surface area contributed by atoms with Gasteiger partial charge in [-0.2, -0.15) is 0 Å². The van der Waals surface area contributed by atoms with Gasteiger partial charge in [0, 0.05) is 32.0 Å². The number of alkyl halides is 1. The van der Waals surface area contributed by atoms with Crippen LogP contribution in [0.4, 0.5) is 9.52 Å². The SMILES string of the molecule is CC(C)c1nnc(N2CC(C(=O)N3CCC(F)CC3)CC2=O)s1. The highest BCUT2D eigenvalue weighted by atomic mass is 32.1. The van der Waals surface area contributed by atoms with Gasteiger partial charge in [-0.1, -0.05) is 25.2 Å². The maximum absolute atomic E-state index is 13.2. The van der Waals surface area contributed by atoms with Gasteiger partial charge in [-0.3, -0.25) is 14.5 Å². The van der Waals surface area contributed by atoms with E-state index in [0.717, 1.165) is 5.01 Å². The van der Waals surface area contributed by atoms with E-state index in [4.69, 9.17) is 0 Å². The largest absolute Gasteiger partial charge is 0.342 e. The lowest BCUT2D eigenvalue weighted by atomic mass is 10.0. The van der Waals surface area contributed by atoms with Crippen LogP contribution in [0.1, 0.15) is 44.0 Å². The second-order valence-corrected chi connectivity index (χ2v) is 7.47. The number of piperidine rings is 1. The van der Waals surface area contributed by atoms with Crippen molar-refractivity contribution in [3.63, 3.8) is 0 Å². The third-order valence-corrected chi connectivity index (χ3v) is 5.61. The molecule has 0 radical (unpaired) electrons. The number of carbonyl (C=O) groups is 2. The monoisotopic (exact) mass is 340 g/mol. The molecular formula is C15H21FN4O2S. The predicted molar refractivity (Wildman–Crippen MR) is 85.2 cm³/mol. The molecule has 0 saturated carbocycles. The molecule has 2 saturated heterocycles. The third kappa shape index (κ3) is 3.36. The van der Waals surface area contributed by atoms with Gasteiger partial charge in [-0.25, -0.2) is 4.39 Å². The Morgan fingerprint density at radius 1 is 1.30 bits per heavy atom. The van der Waals surface area contributed by atoms with Crippen molar-refractivity contribution >= 4 is 28.3 Å². The van der Waals surface area contributed by atoms with Gasteiger partial charge in [0.05, 0.1) is 5.92 Å². The molecular weight excluding hydrogens is 319 g/mol. The Kier molecular flexibility index (Phi) is 4.61. The molecule has 2 aliphatic heterocycles. The number of halogens is 1. The van der Waals surface area contributed by atoms with E-state index in [0.29, 0.717) is 37.6 Å². The second-order valence-electron chi connectivity index (χ2n) is 6.48. The number of hydrogen-bond acceptors (Lipinski definition) is 5. The molecule has 1 aromatic rings. The van der Waals surface area contributed by atoms with Crippen molar-refractivity contribution in [3.8, 4) is 0 Å². The number of nitrogens with zero attached hydrogens (tertiary/aromatic N) is 4. The summed E-state index contributed by atoms with van der Waals surface area (Å²) in [6, 6.07) is 0. The highest BCUT2D eigenvalue weighted by molar-refractivity contribution is 7.15. The van der Waals surface area contributed by atoms with E-state index in [1.165, 1.54) is 11.3 Å². The Balaban J connectivity index is 1.65. The van der Waals surface area contributed by atoms with E-state index < -0.39 is 6.17 Å². The standard InChI is InChI=1S/C15H21FN4O2S/c1-9(2)13-17-18-15(23-13)20-8-10(7-12(20)21)14(22)19-5-3-11(16)4-6-19/h9-11H,3-8H2,1-2H3. The summed E-state index contributed by atoms with van der Waals surface area (Å²) in [7, 11) is 0. The summed E-state index contributed by atoms with van der Waals surface area (Å²) in [5, 5.41) is 9.63. The molecule has 0 bridgehead atoms. The molecule has 23 heavy (non-hydrogen) atoms. The first-order valence-electron chi connectivity index (χ1n) is 8.02. The predicted octanol–water partition coefficient (Wildman–Crippen LogP) is 1.97. The van der Waals surface area contributed by atoms with Crippen LogP contribution in [0.3, 0.4) is 0 Å². The van der Waals surface area contributed by atoms with Crippen LogP contribution in [-0.2, 0) is 9.59 Å². The molecule has 3 heterocycles. The zero-order valence-electron chi connectivity index (χ0n) is 13.4. The van der Waals surface area contributed by atoms with E-state index in [1.807, 2.05) is 13.8 Å². The number of anilines is 1. The van der Waals surface area contributed by atoms with Crippen molar-refractivity contribution in [2.75, 3.05) is 24.5 Å². The van der Waals surface area contributed by atoms with Crippen molar-refractivity contribution in [1.29, 1.82) is 0 Å². The van der Waals surface area contributed by atoms with Gasteiger partial charge in [-0.05, 0) is 12.8 Å². The van der Waals surface area contributed by atoms with Crippen molar-refractivity contribution < 1.29 is 14.0 Å². The summed E-state index contributed by atoms with van der Waals surface area (Å²) >= 11 is 1.40. The zero-order chi connectivity index (χ0) is 16.6. The first-order chi connectivity index (χ1) is 11.0. The van der Waals surface area contributed by atoms with Crippen molar-refractivity contribution in [2.24, 2.45) is 5.92 Å². The van der Waals surface area contributed by atoms with Gasteiger partial charge in [0.15, 0.2) is 0 Å². The Labute approximate surface area is 138 Å². The van der Waals surface area contributed by atoms with Crippen LogP contribution in [-0.4, -0.2) is 52.7 Å². The Hall–Kier alpha value is -1.57. The van der Waals surface area contributed by atoms with Crippen molar-refractivity contribution in [3.05, 3.63) is 5.01 Å². The van der Waals surface area contributed by atoms with Gasteiger partial charge in [-0.15, -0.1) is 10.2 Å². The van der Waals surface area contributed by atoms with Gasteiger partial charge >= 0.3 is 0 Å². The van der Waals surface area contributed by atoms with Gasteiger partial charge < -0.3 is 4.90 Å². The lowest BCUT2D eigenvalue weighted by Gasteiger charge is -2.30. The highest BCUT2D eigenvalue weighted by Crippen LogP contribution is 2.31. The van der Waals surface area contributed by atoms with Crippen molar-refractivity contribution in [1.82, 2.24) is 15.1 Å². The second kappa shape index (κ2) is 6.51. The van der Waals surface area contributed by atoms with Gasteiger partial charge in [0.2, 0.25) is 16.9 Å². The third-order valence-electron chi connectivity index (χ3n) is 4.37. The maximum Gasteiger partial charge on any atom is 0.229 e. The van der Waals surface area contributed by atoms with Crippen LogP contribution < -0.4 is 4.90 Å². The quantitative estimate of drug-likeness (QED) is 0.844. The molecule has 0 N–H and O–H groups in total. The van der Waals surface area contributed by atoms with E-state index in [2.05, 4.69) is 10.2 Å². The van der Waals surface area contributed by atoms with Crippen LogP contribution >= 0.6 is 11.3 Å². The first kappa shape index (κ1) is 16.3. The van der Waals surface area contributed by atoms with Crippen LogP contribution in [0.5, 0.6) is 0 Å². The molecule has 126 valence electrons. The van der Waals surface area contributed by atoms with Crippen LogP contribution in [0, 0.1) is 5.92 Å². The number of amides is 2. The molecule has 1 atom stereocenters. The number of likely N-dealkylation sites (tertiary alicyclic amines) is 1. The molecule has 2 amide bonds. The zero-order valence-corrected chi connectivity index (χ0v) is 14.2. The molecule has 1 unspecified atom stereocenters. The fraction of sp³-hybridized carbons (Fsp3) is 0.733. The minimum Gasteiger partial charge on any atom is -0.342 e. The molecule has 2 fully saturated rings. The smallest absolute Gasteiger partial charge is 0.229 e. The summed E-state index contributed by atoms with van der Waals surface area (Å²) in [6.07, 6.45) is 0.177. The number of rotatable bonds is 3. The van der Waals surface area contributed by atoms with Crippen LogP contribution in [0.2, 0.25) is 0 Å². The number of aromatic nitrogens is 2. The Morgan fingerprint density at radius 3 is 2.61 bits per heavy atom. The molecule has 6 nitrogen and oxygen atoms in total. The Bertz CT molecular complexity index is 598. The topological polar surface area (TPSA) is 66.4 Å². The number of hydrogen-bond donors (Lipinski definition) is 0. The van der Waals surface area contributed by atoms with Crippen LogP contribution in [0.25, 0.3) is 0 Å². The minimum atomic E-state index is -0.809. The Morgan fingerprint density at radius 2 is 2.00 bits per heavy atom. The normalized spacial score (nSPS) is 23.1. The lowest BCUT2D eigenvalue weighted by Crippen LogP contribution is -2.43. The maximum atomic E-state index is 13.2. The average Bonchev–Trinajstić information content (AvgIpc) is 3.14. The minimum absolute atomic E-state index is 0.0404. The fourth-order valence-electron chi connectivity index (χ4n) is 2.95. The first-order valence-corrected chi connectivity index (χ1v) is 8.84. The lowest BCUT2D eigenvalue weighted by molar-refractivity contribution is -0.137. The summed E-state index contributed by atoms with van der Waals surface area (Å²) in [6.45, 7) is 5.29. The average molecular weight is 340 g/mol. The number of carbonyl (C=O) groups excluding carboxylic acids is 2. The molecule has 0 aliphatic carbocycles. The molecule has 1 aromatic heterocycles. The molecule has 0 aromatic carbocycles. The molecule has 2 aliphatic rings. The van der Waals surface area contributed by atoms with Crippen LogP contribution in [0.15, 0.2) is 0 Å². The van der Waals surface area contributed by atoms with E-state index in [-0.39, 0.29) is 30.1 Å². The summed E-state index contributed by atoms with van der Waals surface area (Å²) in [5.41, 5.74) is 0. The summed E-state index contributed by atoms with van der Waals surface area (Å²) < 4.78 is 13.2. The molecule has 3 rings (SSSR count). The van der Waals surface area contributed by atoms with Crippen molar-refractivity contribution in [2.45, 2.75) is 45.2 Å². The van der Waals surface area contributed by atoms with E-state index in [1.54, 1.807) is 9.80 Å². The van der Waals surface area contributed by atoms with E-state index >= 15 is 0 Å². The van der Waals surface area contributed by atoms with E-state index in [9.17, 15) is 14.0 Å². The highest BCUT2D eigenvalue weighted by Gasteiger charge is 2.39. The summed E-state index contributed by atoms with van der Waals surface area (Å²) in [5.74, 6) is -0.222.